The van der Waals surface area contributed by atoms with Crippen molar-refractivity contribution < 1.29 is 18.8 Å². The minimum atomic E-state index is -0.153. The molecule has 1 saturated carbocycles. The molecular weight excluding hydrogens is 558 g/mol. The van der Waals surface area contributed by atoms with Crippen molar-refractivity contribution in [2.45, 2.75) is 43.5 Å². The summed E-state index contributed by atoms with van der Waals surface area (Å²) in [6.07, 6.45) is 7.89. The maximum atomic E-state index is 13.7. The lowest BCUT2D eigenvalue weighted by atomic mass is 9.92. The lowest BCUT2D eigenvalue weighted by Crippen LogP contribution is -2.50. The zero-order valence-corrected chi connectivity index (χ0v) is 24.3. The normalized spacial score (nSPS) is 22.1. The van der Waals surface area contributed by atoms with Gasteiger partial charge in [-0.2, -0.15) is 0 Å². The number of fused-ring (bicyclic) bond motifs is 1. The Hall–Kier alpha value is -3.49. The summed E-state index contributed by atoms with van der Waals surface area (Å²) in [6, 6.07) is 18.8. The number of carbonyl (C=O) groups is 3. The number of carbonyl (C=O) groups excluding carboxylic acids is 3. The number of amides is 3. The van der Waals surface area contributed by atoms with Gasteiger partial charge in [0.05, 0.1) is 11.2 Å². The summed E-state index contributed by atoms with van der Waals surface area (Å²) in [4.78, 5) is 45.7. The van der Waals surface area contributed by atoms with Crippen LogP contribution in [0, 0.1) is 0 Å². The number of nitrogens with zero attached hydrogens (tertiary/aromatic N) is 3. The van der Waals surface area contributed by atoms with Crippen LogP contribution in [0.2, 0.25) is 5.02 Å². The first-order chi connectivity index (χ1) is 20.0. The van der Waals surface area contributed by atoms with Gasteiger partial charge in [0, 0.05) is 54.6 Å². The monoisotopic (exact) mass is 589 g/mol. The molecule has 2 saturated heterocycles. The minimum absolute atomic E-state index is 0.0558. The van der Waals surface area contributed by atoms with Gasteiger partial charge in [-0.3, -0.25) is 14.4 Å². The fraction of sp³-hybridized carbons (Fsp3) is 0.344. The molecule has 0 N–H and O–H groups in total. The van der Waals surface area contributed by atoms with Crippen LogP contribution in [-0.4, -0.2) is 69.9 Å². The fourth-order valence-corrected chi connectivity index (χ4v) is 7.60. The molecule has 9 heteroatoms. The Bertz CT molecular complexity index is 1450. The molecule has 0 spiro atoms. The van der Waals surface area contributed by atoms with E-state index >= 15 is 0 Å². The van der Waals surface area contributed by atoms with Crippen LogP contribution in [0.1, 0.15) is 57.7 Å². The lowest BCUT2D eigenvalue weighted by Gasteiger charge is -2.44. The van der Waals surface area contributed by atoms with E-state index in [4.69, 9.17) is 16.0 Å². The number of furan rings is 1. The molecule has 3 amide bonds. The average Bonchev–Trinajstić information content (AvgIpc) is 3.54. The van der Waals surface area contributed by atoms with Gasteiger partial charge in [0.1, 0.15) is 0 Å². The van der Waals surface area contributed by atoms with Crippen molar-refractivity contribution in [2.24, 2.45) is 0 Å². The largest absolute Gasteiger partial charge is 0.459 e. The molecular formula is C32H32ClN3O4S. The lowest BCUT2D eigenvalue weighted by molar-refractivity contribution is -0.130. The van der Waals surface area contributed by atoms with Crippen LogP contribution >= 0.6 is 23.4 Å². The number of hydrogen-bond donors (Lipinski definition) is 0. The van der Waals surface area contributed by atoms with Crippen LogP contribution in [0.15, 0.2) is 76.2 Å². The first-order valence-electron chi connectivity index (χ1n) is 14.1. The summed E-state index contributed by atoms with van der Waals surface area (Å²) in [7, 11) is 0. The molecule has 2 atom stereocenters. The molecule has 1 aromatic heterocycles. The third-order valence-electron chi connectivity index (χ3n) is 8.10. The molecule has 6 rings (SSSR count). The molecule has 7 nitrogen and oxygen atoms in total. The van der Waals surface area contributed by atoms with Crippen molar-refractivity contribution in [3.05, 3.63) is 99.3 Å². The molecule has 2 aliphatic heterocycles. The number of piperazine rings is 1. The van der Waals surface area contributed by atoms with E-state index in [2.05, 4.69) is 0 Å². The summed E-state index contributed by atoms with van der Waals surface area (Å²) in [5.74, 6) is 0.159. The number of halogens is 1. The summed E-state index contributed by atoms with van der Waals surface area (Å²) in [6.45, 7) is 2.40. The van der Waals surface area contributed by atoms with E-state index in [1.807, 2.05) is 59.5 Å². The van der Waals surface area contributed by atoms with Crippen molar-refractivity contribution in [2.75, 3.05) is 26.2 Å². The first-order valence-corrected chi connectivity index (χ1v) is 15.4. The topological polar surface area (TPSA) is 74.1 Å². The number of benzene rings is 2. The molecule has 3 aliphatic rings. The van der Waals surface area contributed by atoms with Gasteiger partial charge in [0.15, 0.2) is 5.76 Å². The Kier molecular flexibility index (Phi) is 8.21. The molecule has 3 fully saturated rings. The Morgan fingerprint density at radius 2 is 1.66 bits per heavy atom. The molecule has 3 aromatic rings. The zero-order valence-electron chi connectivity index (χ0n) is 22.7. The highest BCUT2D eigenvalue weighted by atomic mass is 35.5. The molecule has 0 bridgehead atoms. The van der Waals surface area contributed by atoms with Gasteiger partial charge in [-0.15, -0.1) is 11.8 Å². The highest BCUT2D eigenvalue weighted by molar-refractivity contribution is 8.04. The quantitative estimate of drug-likeness (QED) is 0.343. The number of thioether (sulfide) groups is 1. The van der Waals surface area contributed by atoms with Gasteiger partial charge in [0.2, 0.25) is 0 Å². The Balaban J connectivity index is 1.13. The average molecular weight is 590 g/mol. The Labute approximate surface area is 249 Å². The predicted octanol–water partition coefficient (Wildman–Crippen LogP) is 5.96. The van der Waals surface area contributed by atoms with E-state index in [1.54, 1.807) is 33.7 Å². The summed E-state index contributed by atoms with van der Waals surface area (Å²) < 4.78 is 5.22. The highest BCUT2D eigenvalue weighted by Crippen LogP contribution is 2.42. The second-order valence-corrected chi connectivity index (χ2v) is 12.5. The van der Waals surface area contributed by atoms with Crippen LogP contribution in [0.4, 0.5) is 0 Å². The van der Waals surface area contributed by atoms with E-state index in [-0.39, 0.29) is 23.8 Å². The molecule has 212 valence electrons. The van der Waals surface area contributed by atoms with Crippen LogP contribution < -0.4 is 0 Å². The van der Waals surface area contributed by atoms with Crippen LogP contribution in [0.3, 0.4) is 0 Å². The third kappa shape index (κ3) is 6.09. The molecule has 1 aliphatic carbocycles. The van der Waals surface area contributed by atoms with Crippen LogP contribution in [0.25, 0.3) is 6.08 Å². The highest BCUT2D eigenvalue weighted by Gasteiger charge is 2.40. The molecule has 2 unspecified atom stereocenters. The second kappa shape index (κ2) is 12.2. The SMILES string of the molecule is O=C(c1ccc(/C=C2/SC3CCCCC3N(Cc3cccc(Cl)c3)C2=O)cc1)N1CCN(C(=O)c2ccco2)CC1. The smallest absolute Gasteiger partial charge is 0.289 e. The standard InChI is InChI=1S/C32H32ClN3O4S/c33-25-6-3-5-23(19-25)21-36-26-7-1-2-9-28(26)41-29(32(36)39)20-22-10-12-24(13-11-22)30(37)34-14-16-35(17-15-34)31(38)27-8-4-18-40-27/h3-6,8,10-13,18-20,26,28H,1-2,7,9,14-17,21H2/b29-20+. The zero-order chi connectivity index (χ0) is 28.3. The Morgan fingerprint density at radius 1 is 0.927 bits per heavy atom. The van der Waals surface area contributed by atoms with Crippen LogP contribution in [0.5, 0.6) is 0 Å². The molecule has 2 aromatic carbocycles. The van der Waals surface area contributed by atoms with Gasteiger partial charge >= 0.3 is 0 Å². The second-order valence-electron chi connectivity index (χ2n) is 10.8. The van der Waals surface area contributed by atoms with Crippen molar-refractivity contribution in [3.8, 4) is 0 Å². The van der Waals surface area contributed by atoms with E-state index in [0.717, 1.165) is 35.3 Å². The fourth-order valence-electron chi connectivity index (χ4n) is 5.92. The Morgan fingerprint density at radius 3 is 2.37 bits per heavy atom. The summed E-state index contributed by atoms with van der Waals surface area (Å²) in [5.41, 5.74) is 2.52. The summed E-state index contributed by atoms with van der Waals surface area (Å²) >= 11 is 7.93. The van der Waals surface area contributed by atoms with Crippen molar-refractivity contribution >= 4 is 47.2 Å². The third-order valence-corrected chi connectivity index (χ3v) is 9.74. The van der Waals surface area contributed by atoms with E-state index in [1.165, 1.54) is 12.7 Å². The molecule has 3 heterocycles. The van der Waals surface area contributed by atoms with E-state index < -0.39 is 0 Å². The van der Waals surface area contributed by atoms with Crippen molar-refractivity contribution in [3.63, 3.8) is 0 Å². The van der Waals surface area contributed by atoms with Gasteiger partial charge in [-0.25, -0.2) is 0 Å². The predicted molar refractivity (Wildman–Crippen MR) is 161 cm³/mol. The first kappa shape index (κ1) is 27.7. The summed E-state index contributed by atoms with van der Waals surface area (Å²) in [5, 5.41) is 1.06. The number of hydrogen-bond acceptors (Lipinski definition) is 5. The van der Waals surface area contributed by atoms with Gasteiger partial charge in [-0.05, 0) is 66.4 Å². The molecule has 41 heavy (non-hydrogen) atoms. The maximum Gasteiger partial charge on any atom is 0.289 e. The van der Waals surface area contributed by atoms with Gasteiger partial charge < -0.3 is 19.1 Å². The van der Waals surface area contributed by atoms with Crippen molar-refractivity contribution in [1.82, 2.24) is 14.7 Å². The number of rotatable bonds is 5. The van der Waals surface area contributed by atoms with Crippen molar-refractivity contribution in [1.29, 1.82) is 0 Å². The van der Waals surface area contributed by atoms with Gasteiger partial charge in [0.25, 0.3) is 17.7 Å². The van der Waals surface area contributed by atoms with Crippen LogP contribution in [-0.2, 0) is 11.3 Å². The van der Waals surface area contributed by atoms with E-state index in [9.17, 15) is 14.4 Å². The van der Waals surface area contributed by atoms with Gasteiger partial charge in [-0.1, -0.05) is 48.7 Å². The minimum Gasteiger partial charge on any atom is -0.459 e. The maximum absolute atomic E-state index is 13.7. The molecule has 0 radical (unpaired) electrons. The van der Waals surface area contributed by atoms with E-state index in [0.29, 0.717) is 54.3 Å².